The first-order valence-electron chi connectivity index (χ1n) is 8.75. The van der Waals surface area contributed by atoms with E-state index in [2.05, 4.69) is 4.98 Å². The average molecular weight is 400 g/mol. The topological polar surface area (TPSA) is 123 Å². The monoisotopic (exact) mass is 400 g/mol. The highest BCUT2D eigenvalue weighted by Gasteiger charge is 2.18. The van der Waals surface area contributed by atoms with Crippen LogP contribution >= 0.6 is 0 Å². The Morgan fingerprint density at radius 1 is 1.00 bits per heavy atom. The van der Waals surface area contributed by atoms with E-state index in [4.69, 9.17) is 14.7 Å². The lowest BCUT2D eigenvalue weighted by molar-refractivity contribution is -0.137. The van der Waals surface area contributed by atoms with Crippen LogP contribution < -0.4 is 5.14 Å². The van der Waals surface area contributed by atoms with E-state index in [1.807, 2.05) is 30.3 Å². The van der Waals surface area contributed by atoms with Gasteiger partial charge in [-0.25, -0.2) is 18.5 Å². The number of carboxylic acids is 1. The molecule has 0 amide bonds. The van der Waals surface area contributed by atoms with Crippen LogP contribution in [0.2, 0.25) is 0 Å². The number of primary sulfonamides is 1. The van der Waals surface area contributed by atoms with Crippen molar-refractivity contribution in [1.82, 2.24) is 4.98 Å². The number of aryl methyl sites for hydroxylation is 1. The summed E-state index contributed by atoms with van der Waals surface area (Å²) in [6.45, 7) is 0. The van der Waals surface area contributed by atoms with Crippen molar-refractivity contribution in [2.75, 3.05) is 0 Å². The van der Waals surface area contributed by atoms with Crippen LogP contribution in [0.15, 0.2) is 63.9 Å². The fraction of sp³-hybridized carbons (Fsp3) is 0.200. The molecule has 8 heteroatoms. The second-order valence-corrected chi connectivity index (χ2v) is 7.88. The Morgan fingerprint density at radius 2 is 1.68 bits per heavy atom. The van der Waals surface area contributed by atoms with Crippen molar-refractivity contribution >= 4 is 16.0 Å². The van der Waals surface area contributed by atoms with Gasteiger partial charge in [0.2, 0.25) is 10.0 Å². The molecule has 3 N–H and O–H groups in total. The number of hydrogen-bond acceptors (Lipinski definition) is 5. The molecule has 3 aromatic rings. The van der Waals surface area contributed by atoms with Gasteiger partial charge in [-0.3, -0.25) is 4.79 Å². The number of benzene rings is 2. The Hall–Kier alpha value is -2.97. The molecular formula is C20H20N2O5S. The minimum Gasteiger partial charge on any atom is -0.481 e. The van der Waals surface area contributed by atoms with Crippen molar-refractivity contribution < 1.29 is 22.7 Å². The highest BCUT2D eigenvalue weighted by Crippen LogP contribution is 2.33. The maximum Gasteiger partial charge on any atom is 0.303 e. The molecule has 146 valence electrons. The van der Waals surface area contributed by atoms with E-state index in [9.17, 15) is 13.2 Å². The summed E-state index contributed by atoms with van der Waals surface area (Å²) in [6, 6.07) is 15.6. The maximum atomic E-state index is 11.5. The molecule has 0 saturated carbocycles. The highest BCUT2D eigenvalue weighted by molar-refractivity contribution is 7.89. The standard InChI is InChI=1S/C20H20N2O5S/c21-28(25,26)16-12-10-15(11-13-16)20-19(14-6-2-1-3-7-14)22-17(27-20)8-4-5-9-18(23)24/h1-3,6-7,10-13H,4-5,8-9H2,(H,23,24)(H2,21,25,26). The first-order valence-corrected chi connectivity index (χ1v) is 10.3. The number of oxazole rings is 1. The SMILES string of the molecule is NS(=O)(=O)c1ccc(-c2oc(CCCCC(=O)O)nc2-c2ccccc2)cc1. The summed E-state index contributed by atoms with van der Waals surface area (Å²) in [4.78, 5) is 15.3. The van der Waals surface area contributed by atoms with Crippen molar-refractivity contribution in [1.29, 1.82) is 0 Å². The van der Waals surface area contributed by atoms with Crippen molar-refractivity contribution in [2.24, 2.45) is 5.14 Å². The predicted octanol–water partition coefficient (Wildman–Crippen LogP) is 3.45. The van der Waals surface area contributed by atoms with E-state index in [-0.39, 0.29) is 11.3 Å². The van der Waals surface area contributed by atoms with Crippen LogP contribution in [-0.2, 0) is 21.2 Å². The molecular weight excluding hydrogens is 380 g/mol. The number of nitrogens with two attached hydrogens (primary N) is 1. The summed E-state index contributed by atoms with van der Waals surface area (Å²) in [5.41, 5.74) is 2.20. The van der Waals surface area contributed by atoms with Gasteiger partial charge in [0.1, 0.15) is 5.69 Å². The molecule has 28 heavy (non-hydrogen) atoms. The largest absolute Gasteiger partial charge is 0.481 e. The van der Waals surface area contributed by atoms with Crippen LogP contribution in [0.3, 0.4) is 0 Å². The van der Waals surface area contributed by atoms with E-state index in [1.54, 1.807) is 12.1 Å². The second kappa shape index (κ2) is 8.37. The van der Waals surface area contributed by atoms with Gasteiger partial charge >= 0.3 is 5.97 Å². The second-order valence-electron chi connectivity index (χ2n) is 6.32. The first kappa shape index (κ1) is 19.8. The number of hydrogen-bond donors (Lipinski definition) is 2. The van der Waals surface area contributed by atoms with Crippen molar-refractivity contribution in [3.8, 4) is 22.6 Å². The summed E-state index contributed by atoms with van der Waals surface area (Å²) in [7, 11) is -3.78. The number of aromatic nitrogens is 1. The minimum absolute atomic E-state index is 0.0194. The third-order valence-corrected chi connectivity index (χ3v) is 5.12. The zero-order chi connectivity index (χ0) is 20.1. The van der Waals surface area contributed by atoms with Crippen LogP contribution in [0.25, 0.3) is 22.6 Å². The molecule has 0 fully saturated rings. The first-order chi connectivity index (χ1) is 13.3. The molecule has 0 saturated heterocycles. The van der Waals surface area contributed by atoms with Crippen LogP contribution in [0.4, 0.5) is 0 Å². The zero-order valence-electron chi connectivity index (χ0n) is 15.0. The molecule has 3 rings (SSSR count). The molecule has 0 unspecified atom stereocenters. The van der Waals surface area contributed by atoms with Gasteiger partial charge < -0.3 is 9.52 Å². The Kier molecular flexibility index (Phi) is 5.91. The van der Waals surface area contributed by atoms with Gasteiger partial charge in [0.25, 0.3) is 0 Å². The number of aliphatic carboxylic acids is 1. The van der Waals surface area contributed by atoms with Gasteiger partial charge in [-0.15, -0.1) is 0 Å². The number of sulfonamides is 1. The average Bonchev–Trinajstić information content (AvgIpc) is 3.09. The molecule has 1 heterocycles. The summed E-state index contributed by atoms with van der Waals surface area (Å²) in [5.74, 6) is 0.211. The third kappa shape index (κ3) is 4.85. The Labute approximate surface area is 162 Å². The third-order valence-electron chi connectivity index (χ3n) is 4.20. The Balaban J connectivity index is 1.93. The lowest BCUT2D eigenvalue weighted by Crippen LogP contribution is -2.11. The summed E-state index contributed by atoms with van der Waals surface area (Å²) in [5, 5.41) is 13.9. The van der Waals surface area contributed by atoms with Crippen molar-refractivity contribution in [3.63, 3.8) is 0 Å². The molecule has 1 aromatic heterocycles. The van der Waals surface area contributed by atoms with Gasteiger partial charge in [0.15, 0.2) is 11.7 Å². The number of unbranched alkanes of at least 4 members (excludes halogenated alkanes) is 1. The molecule has 7 nitrogen and oxygen atoms in total. The normalized spacial score (nSPS) is 11.5. The maximum absolute atomic E-state index is 11.5. The lowest BCUT2D eigenvalue weighted by Gasteiger charge is -2.03. The fourth-order valence-electron chi connectivity index (χ4n) is 2.81. The van der Waals surface area contributed by atoms with Gasteiger partial charge in [0.05, 0.1) is 4.90 Å². The van der Waals surface area contributed by atoms with E-state index >= 15 is 0 Å². The zero-order valence-corrected chi connectivity index (χ0v) is 15.9. The fourth-order valence-corrected chi connectivity index (χ4v) is 3.32. The Morgan fingerprint density at radius 3 is 2.29 bits per heavy atom. The van der Waals surface area contributed by atoms with E-state index in [0.717, 1.165) is 5.56 Å². The van der Waals surface area contributed by atoms with Crippen LogP contribution in [0.1, 0.15) is 25.2 Å². The quantitative estimate of drug-likeness (QED) is 0.558. The lowest BCUT2D eigenvalue weighted by atomic mass is 10.1. The number of nitrogens with zero attached hydrogens (tertiary/aromatic N) is 1. The predicted molar refractivity (Wildman–Crippen MR) is 104 cm³/mol. The van der Waals surface area contributed by atoms with E-state index in [1.165, 1.54) is 12.1 Å². The molecule has 2 aromatic carbocycles. The number of carboxylic acid groups (broad SMARTS) is 1. The molecule has 0 aliphatic carbocycles. The molecule has 0 spiro atoms. The van der Waals surface area contributed by atoms with E-state index < -0.39 is 16.0 Å². The van der Waals surface area contributed by atoms with Crippen LogP contribution in [-0.4, -0.2) is 24.5 Å². The van der Waals surface area contributed by atoms with Gasteiger partial charge in [-0.05, 0) is 37.1 Å². The minimum atomic E-state index is -3.78. The number of carbonyl (C=O) groups is 1. The highest BCUT2D eigenvalue weighted by atomic mass is 32.2. The summed E-state index contributed by atoms with van der Waals surface area (Å²) in [6.07, 6.45) is 1.80. The van der Waals surface area contributed by atoms with Crippen LogP contribution in [0, 0.1) is 0 Å². The van der Waals surface area contributed by atoms with Crippen LogP contribution in [0.5, 0.6) is 0 Å². The van der Waals surface area contributed by atoms with Gasteiger partial charge in [0, 0.05) is 24.0 Å². The van der Waals surface area contributed by atoms with Crippen molar-refractivity contribution in [3.05, 3.63) is 60.5 Å². The summed E-state index contributed by atoms with van der Waals surface area (Å²) < 4.78 is 28.9. The Bertz CT molecular complexity index is 1060. The van der Waals surface area contributed by atoms with E-state index in [0.29, 0.717) is 42.2 Å². The molecule has 0 atom stereocenters. The molecule has 0 aliphatic heterocycles. The smallest absolute Gasteiger partial charge is 0.303 e. The molecule has 0 aliphatic rings. The van der Waals surface area contributed by atoms with Gasteiger partial charge in [-0.2, -0.15) is 0 Å². The summed E-state index contributed by atoms with van der Waals surface area (Å²) >= 11 is 0. The van der Waals surface area contributed by atoms with Crippen molar-refractivity contribution in [2.45, 2.75) is 30.6 Å². The molecule has 0 bridgehead atoms. The number of rotatable bonds is 8. The molecule has 0 radical (unpaired) electrons. The van der Waals surface area contributed by atoms with Gasteiger partial charge in [-0.1, -0.05) is 30.3 Å².